The molecule has 0 saturated carbocycles. The van der Waals surface area contributed by atoms with Crippen LogP contribution in [0.25, 0.3) is 16.2 Å². The van der Waals surface area contributed by atoms with Crippen LogP contribution in [0.4, 0.5) is 8.78 Å². The summed E-state index contributed by atoms with van der Waals surface area (Å²) in [5, 5.41) is 1.42. The molecule has 3 nitrogen and oxygen atoms in total. The number of esters is 1. The van der Waals surface area contributed by atoms with Crippen molar-refractivity contribution in [2.75, 3.05) is 6.61 Å². The number of ketones is 1. The predicted octanol–water partition coefficient (Wildman–Crippen LogP) is 5.27. The van der Waals surface area contributed by atoms with Crippen molar-refractivity contribution in [2.24, 2.45) is 0 Å². The summed E-state index contributed by atoms with van der Waals surface area (Å²) in [5.41, 5.74) is -0.0757. The molecular weight excluding hydrogens is 382 g/mol. The molecule has 132 valence electrons. The minimum Gasteiger partial charge on any atom is -0.454 e. The molecule has 0 aliphatic rings. The van der Waals surface area contributed by atoms with E-state index in [1.54, 1.807) is 0 Å². The molecule has 1 aromatic heterocycles. The SMILES string of the molecule is O=C(/C=C/c1sc2ccccc2c1Cl)OCC(=O)c1ccc(F)c(F)c1. The Morgan fingerprint density at radius 1 is 1.12 bits per heavy atom. The van der Waals surface area contributed by atoms with Gasteiger partial charge < -0.3 is 4.74 Å². The van der Waals surface area contributed by atoms with E-state index in [2.05, 4.69) is 0 Å². The first-order valence-electron chi connectivity index (χ1n) is 7.46. The molecule has 3 aromatic rings. The molecule has 0 fully saturated rings. The molecule has 0 aliphatic heterocycles. The zero-order valence-corrected chi connectivity index (χ0v) is 14.7. The van der Waals surface area contributed by atoms with Crippen LogP contribution in [0.2, 0.25) is 5.02 Å². The van der Waals surface area contributed by atoms with Crippen LogP contribution in [0.1, 0.15) is 15.2 Å². The normalized spacial score (nSPS) is 11.2. The minimum absolute atomic E-state index is 0.0757. The van der Waals surface area contributed by atoms with Gasteiger partial charge in [-0.25, -0.2) is 13.6 Å². The van der Waals surface area contributed by atoms with E-state index in [-0.39, 0.29) is 5.56 Å². The fourth-order valence-electron chi connectivity index (χ4n) is 2.22. The summed E-state index contributed by atoms with van der Waals surface area (Å²) in [5.74, 6) is -3.57. The molecule has 0 amide bonds. The average Bonchev–Trinajstić information content (AvgIpc) is 2.96. The number of benzene rings is 2. The van der Waals surface area contributed by atoms with Crippen LogP contribution in [0.15, 0.2) is 48.5 Å². The molecule has 2 aromatic carbocycles. The van der Waals surface area contributed by atoms with Gasteiger partial charge in [0.25, 0.3) is 0 Å². The highest BCUT2D eigenvalue weighted by atomic mass is 35.5. The molecule has 0 aliphatic carbocycles. The number of rotatable bonds is 5. The molecule has 0 unspecified atom stereocenters. The van der Waals surface area contributed by atoms with E-state index in [9.17, 15) is 18.4 Å². The van der Waals surface area contributed by atoms with Gasteiger partial charge in [-0.1, -0.05) is 29.8 Å². The molecule has 7 heteroatoms. The van der Waals surface area contributed by atoms with Gasteiger partial charge >= 0.3 is 5.97 Å². The van der Waals surface area contributed by atoms with Gasteiger partial charge in [0.2, 0.25) is 0 Å². The summed E-state index contributed by atoms with van der Waals surface area (Å²) in [6.07, 6.45) is 2.67. The highest BCUT2D eigenvalue weighted by molar-refractivity contribution is 7.20. The average molecular weight is 393 g/mol. The van der Waals surface area contributed by atoms with E-state index in [0.29, 0.717) is 9.90 Å². The summed E-state index contributed by atoms with van der Waals surface area (Å²) in [6.45, 7) is -0.575. The quantitative estimate of drug-likeness (QED) is 0.337. The fraction of sp³-hybridized carbons (Fsp3) is 0.0526. The second-order valence-electron chi connectivity index (χ2n) is 5.27. The largest absolute Gasteiger partial charge is 0.454 e. The number of hydrogen-bond acceptors (Lipinski definition) is 4. The number of ether oxygens (including phenoxy) is 1. The molecule has 0 bridgehead atoms. The van der Waals surface area contributed by atoms with E-state index in [0.717, 1.165) is 34.4 Å². The Morgan fingerprint density at radius 3 is 2.62 bits per heavy atom. The first-order valence-corrected chi connectivity index (χ1v) is 8.65. The molecule has 0 radical (unpaired) electrons. The van der Waals surface area contributed by atoms with Crippen LogP contribution in [0, 0.1) is 11.6 Å². The van der Waals surface area contributed by atoms with Crippen molar-refractivity contribution >= 4 is 50.9 Å². The maximum absolute atomic E-state index is 13.1. The number of carbonyl (C=O) groups excluding carboxylic acids is 2. The van der Waals surface area contributed by atoms with Crippen LogP contribution >= 0.6 is 22.9 Å². The smallest absolute Gasteiger partial charge is 0.331 e. The van der Waals surface area contributed by atoms with Crippen LogP contribution in [-0.4, -0.2) is 18.4 Å². The molecule has 0 atom stereocenters. The van der Waals surface area contributed by atoms with Gasteiger partial charge in [-0.15, -0.1) is 11.3 Å². The van der Waals surface area contributed by atoms with Gasteiger partial charge in [-0.3, -0.25) is 4.79 Å². The van der Waals surface area contributed by atoms with Crippen LogP contribution in [-0.2, 0) is 9.53 Å². The minimum atomic E-state index is -1.14. The third-order valence-corrected chi connectivity index (χ3v) is 5.17. The molecule has 1 heterocycles. The summed E-state index contributed by atoms with van der Waals surface area (Å²) >= 11 is 7.68. The Kier molecular flexibility index (Phi) is 5.44. The van der Waals surface area contributed by atoms with E-state index >= 15 is 0 Å². The lowest BCUT2D eigenvalue weighted by molar-refractivity contribution is -0.136. The Hall–Kier alpha value is -2.57. The lowest BCUT2D eigenvalue weighted by Crippen LogP contribution is -2.13. The molecule has 0 spiro atoms. The number of carbonyl (C=O) groups is 2. The fourth-order valence-corrected chi connectivity index (χ4v) is 3.62. The summed E-state index contributed by atoms with van der Waals surface area (Å²) in [6, 6.07) is 10.3. The van der Waals surface area contributed by atoms with Gasteiger partial charge in [0.15, 0.2) is 24.0 Å². The maximum Gasteiger partial charge on any atom is 0.331 e. The first kappa shape index (κ1) is 18.2. The summed E-state index contributed by atoms with van der Waals surface area (Å²) < 4.78 is 31.8. The topological polar surface area (TPSA) is 43.4 Å². The Balaban J connectivity index is 1.62. The first-order chi connectivity index (χ1) is 12.5. The third kappa shape index (κ3) is 3.98. The zero-order chi connectivity index (χ0) is 18.7. The van der Waals surface area contributed by atoms with Crippen LogP contribution < -0.4 is 0 Å². The Labute approximate surface area is 156 Å². The van der Waals surface area contributed by atoms with Gasteiger partial charge in [-0.2, -0.15) is 0 Å². The van der Waals surface area contributed by atoms with Gasteiger partial charge in [0, 0.05) is 26.6 Å². The predicted molar refractivity (Wildman–Crippen MR) is 97.5 cm³/mol. The van der Waals surface area contributed by atoms with Crippen molar-refractivity contribution in [1.29, 1.82) is 0 Å². The van der Waals surface area contributed by atoms with Crippen molar-refractivity contribution in [2.45, 2.75) is 0 Å². The lowest BCUT2D eigenvalue weighted by Gasteiger charge is -2.02. The molecule has 0 saturated heterocycles. The van der Waals surface area contributed by atoms with Gasteiger partial charge in [-0.05, 0) is 30.3 Å². The zero-order valence-electron chi connectivity index (χ0n) is 13.2. The maximum atomic E-state index is 13.1. The number of hydrogen-bond donors (Lipinski definition) is 0. The van der Waals surface area contributed by atoms with Crippen molar-refractivity contribution in [1.82, 2.24) is 0 Å². The highest BCUT2D eigenvalue weighted by Gasteiger charge is 2.12. The second-order valence-corrected chi connectivity index (χ2v) is 6.73. The van der Waals surface area contributed by atoms with E-state index < -0.39 is 30.0 Å². The van der Waals surface area contributed by atoms with E-state index in [4.69, 9.17) is 16.3 Å². The molecule has 26 heavy (non-hydrogen) atoms. The van der Waals surface area contributed by atoms with Crippen molar-refractivity contribution in [3.63, 3.8) is 0 Å². The number of thiophene rings is 1. The number of fused-ring (bicyclic) bond motifs is 1. The monoisotopic (exact) mass is 392 g/mol. The molecule has 3 rings (SSSR count). The highest BCUT2D eigenvalue weighted by Crippen LogP contribution is 2.35. The third-order valence-electron chi connectivity index (χ3n) is 3.52. The standard InChI is InChI=1S/C19H11ClF2O3S/c20-19-12-3-1-2-4-16(12)26-17(19)7-8-18(24)25-10-15(23)11-5-6-13(21)14(22)9-11/h1-9H,10H2/b8-7+. The Bertz CT molecular complexity index is 1030. The van der Waals surface area contributed by atoms with Crippen molar-refractivity contribution in [3.05, 3.63) is 75.6 Å². The summed E-state index contributed by atoms with van der Waals surface area (Å²) in [7, 11) is 0. The Morgan fingerprint density at radius 2 is 1.88 bits per heavy atom. The lowest BCUT2D eigenvalue weighted by atomic mass is 10.1. The van der Waals surface area contributed by atoms with Crippen LogP contribution in [0.5, 0.6) is 0 Å². The number of Topliss-reactive ketones (excluding diaryl/α,β-unsaturated/α-hetero) is 1. The van der Waals surface area contributed by atoms with E-state index in [1.165, 1.54) is 17.4 Å². The van der Waals surface area contributed by atoms with Crippen molar-refractivity contribution < 1.29 is 23.1 Å². The van der Waals surface area contributed by atoms with E-state index in [1.807, 2.05) is 24.3 Å². The molecular formula is C19H11ClF2O3S. The van der Waals surface area contributed by atoms with Gasteiger partial charge in [0.1, 0.15) is 0 Å². The van der Waals surface area contributed by atoms with Crippen molar-refractivity contribution in [3.8, 4) is 0 Å². The molecule has 0 N–H and O–H groups in total. The van der Waals surface area contributed by atoms with Gasteiger partial charge in [0.05, 0.1) is 5.02 Å². The summed E-state index contributed by atoms with van der Waals surface area (Å²) in [4.78, 5) is 24.3. The number of halogens is 3. The van der Waals surface area contributed by atoms with Crippen LogP contribution in [0.3, 0.4) is 0 Å². The second kappa shape index (κ2) is 7.76.